The number of para-hydroxylation sites is 1. The number of fused-ring (bicyclic) bond motifs is 7. The molecule has 2 atom stereocenters. The fraction of sp³-hybridized carbons (Fsp3) is 0.0476. The zero-order chi connectivity index (χ0) is 30.7. The summed E-state index contributed by atoms with van der Waals surface area (Å²) < 4.78 is 9.64. The van der Waals surface area contributed by atoms with E-state index >= 15 is 4.79 Å². The molecule has 1 aromatic heterocycles. The second-order valence-corrected chi connectivity index (χ2v) is 11.8. The molecule has 0 saturated carbocycles. The molecule has 0 amide bonds. The second kappa shape index (κ2) is 10.0. The van der Waals surface area contributed by atoms with E-state index in [0.717, 1.165) is 44.7 Å². The largest absolute Gasteiger partial charge is 0.473 e. The zero-order valence-corrected chi connectivity index (χ0v) is 24.9. The maximum atomic E-state index is 15.3. The van der Waals surface area contributed by atoms with Crippen LogP contribution < -0.4 is 5.56 Å². The van der Waals surface area contributed by atoms with Crippen molar-refractivity contribution in [1.29, 1.82) is 0 Å². The van der Waals surface area contributed by atoms with Crippen molar-refractivity contribution in [3.63, 3.8) is 0 Å². The minimum atomic E-state index is -1.21. The lowest BCUT2D eigenvalue weighted by atomic mass is 9.60. The molecule has 0 saturated heterocycles. The van der Waals surface area contributed by atoms with Crippen LogP contribution in [-0.4, -0.2) is 9.55 Å². The highest BCUT2D eigenvalue weighted by Gasteiger charge is 2.69. The highest BCUT2D eigenvalue weighted by molar-refractivity contribution is 6.00. The van der Waals surface area contributed by atoms with Crippen LogP contribution in [0.3, 0.4) is 0 Å². The summed E-state index contributed by atoms with van der Waals surface area (Å²) >= 11 is 0. The monoisotopic (exact) mass is 592 g/mol. The van der Waals surface area contributed by atoms with Crippen LogP contribution >= 0.6 is 0 Å². The molecule has 0 fully saturated rings. The fourth-order valence-electron chi connectivity index (χ4n) is 7.74. The molecule has 0 aliphatic carbocycles. The predicted octanol–water partition coefficient (Wildman–Crippen LogP) is 8.66. The van der Waals surface area contributed by atoms with Crippen molar-refractivity contribution in [1.82, 2.24) is 9.55 Å². The second-order valence-electron chi connectivity index (χ2n) is 11.8. The van der Waals surface area contributed by atoms with Crippen LogP contribution in [0.2, 0.25) is 0 Å². The van der Waals surface area contributed by atoms with E-state index in [1.165, 1.54) is 0 Å². The Hall–Kier alpha value is -6.00. The standard InChI is InChI=1S/C42H28N2O2/c45-40-34-26-14-16-28-36(34)43-39-33-25-13-15-27-35(33)42(32-23-11-4-12-24-32)41(44(39)40,31-21-9-3-10-22-31)37(29-17-5-1-6-18-29)38(46-42)30-19-7-2-8-20-30/h1-28H/t41-,42-/m0/s1. The van der Waals surface area contributed by atoms with E-state index in [1.54, 1.807) is 0 Å². The molecule has 6 aromatic carbocycles. The van der Waals surface area contributed by atoms with Gasteiger partial charge in [-0.15, -0.1) is 0 Å². The number of ether oxygens (including phenoxy) is 1. The van der Waals surface area contributed by atoms with Gasteiger partial charge in [0.15, 0.2) is 11.1 Å². The van der Waals surface area contributed by atoms with Gasteiger partial charge in [-0.25, -0.2) is 4.98 Å². The summed E-state index contributed by atoms with van der Waals surface area (Å²) in [6, 6.07) is 57.2. The summed E-state index contributed by atoms with van der Waals surface area (Å²) in [5, 5.41) is 0.559. The first-order valence-electron chi connectivity index (χ1n) is 15.5. The minimum Gasteiger partial charge on any atom is -0.473 e. The number of rotatable bonds is 4. The summed E-state index contributed by atoms with van der Waals surface area (Å²) in [5.74, 6) is 1.34. The number of aromatic nitrogens is 2. The van der Waals surface area contributed by atoms with Gasteiger partial charge in [0.2, 0.25) is 0 Å². The average molecular weight is 593 g/mol. The molecule has 0 radical (unpaired) electrons. The van der Waals surface area contributed by atoms with Gasteiger partial charge < -0.3 is 4.74 Å². The van der Waals surface area contributed by atoms with Gasteiger partial charge in [0.05, 0.1) is 10.9 Å². The maximum absolute atomic E-state index is 15.3. The molecule has 0 N–H and O–H groups in total. The van der Waals surface area contributed by atoms with Crippen LogP contribution in [0, 0.1) is 0 Å². The third kappa shape index (κ3) is 3.38. The molecule has 0 bridgehead atoms. The molecule has 4 nitrogen and oxygen atoms in total. The van der Waals surface area contributed by atoms with Crippen LogP contribution in [0.15, 0.2) is 175 Å². The molecule has 218 valence electrons. The number of nitrogens with zero attached hydrogens (tertiary/aromatic N) is 2. The molecular weight excluding hydrogens is 564 g/mol. The first kappa shape index (κ1) is 26.4. The van der Waals surface area contributed by atoms with Crippen LogP contribution in [0.1, 0.15) is 27.8 Å². The molecule has 3 heterocycles. The molecule has 2 aliphatic heterocycles. The van der Waals surface area contributed by atoms with Crippen molar-refractivity contribution >= 4 is 22.2 Å². The zero-order valence-electron chi connectivity index (χ0n) is 24.9. The smallest absolute Gasteiger partial charge is 0.262 e. The molecule has 7 aromatic rings. The molecule has 46 heavy (non-hydrogen) atoms. The Morgan fingerprint density at radius 3 is 1.78 bits per heavy atom. The molecule has 2 aliphatic rings. The number of hydrogen-bond donors (Lipinski definition) is 0. The first-order chi connectivity index (χ1) is 22.7. The minimum absolute atomic E-state index is 0.120. The topological polar surface area (TPSA) is 44.1 Å². The van der Waals surface area contributed by atoms with Gasteiger partial charge in [0.25, 0.3) is 5.56 Å². The molecule has 9 rings (SSSR count). The van der Waals surface area contributed by atoms with Crippen LogP contribution in [0.25, 0.3) is 33.6 Å². The van der Waals surface area contributed by atoms with Gasteiger partial charge in [0.1, 0.15) is 11.6 Å². The Morgan fingerprint density at radius 1 is 0.543 bits per heavy atom. The molecule has 0 spiro atoms. The van der Waals surface area contributed by atoms with Gasteiger partial charge in [0, 0.05) is 27.8 Å². The van der Waals surface area contributed by atoms with Crippen LogP contribution in [-0.2, 0) is 15.9 Å². The van der Waals surface area contributed by atoms with Gasteiger partial charge in [-0.2, -0.15) is 0 Å². The average Bonchev–Trinajstić information content (AvgIpc) is 3.47. The van der Waals surface area contributed by atoms with Crippen LogP contribution in [0.5, 0.6) is 0 Å². The van der Waals surface area contributed by atoms with Gasteiger partial charge >= 0.3 is 0 Å². The SMILES string of the molecule is O=c1c2ccccc2nc2n1[C@@]1(c3ccccc3)C(c3ccccc3)=C(c3ccccc3)O[C@@]1(c1ccccc1)c1ccccc1-2. The molecule has 4 heteroatoms. The molecule has 0 unspecified atom stereocenters. The lowest BCUT2D eigenvalue weighted by Crippen LogP contribution is -2.59. The Kier molecular flexibility index (Phi) is 5.75. The third-order valence-electron chi connectivity index (χ3n) is 9.48. The summed E-state index contributed by atoms with van der Waals surface area (Å²) in [6.45, 7) is 0. The Balaban J connectivity index is 1.61. The van der Waals surface area contributed by atoms with Crippen molar-refractivity contribution in [2.45, 2.75) is 11.1 Å². The predicted molar refractivity (Wildman–Crippen MR) is 183 cm³/mol. The van der Waals surface area contributed by atoms with Crippen molar-refractivity contribution in [3.8, 4) is 11.4 Å². The van der Waals surface area contributed by atoms with E-state index in [4.69, 9.17) is 9.72 Å². The highest BCUT2D eigenvalue weighted by Crippen LogP contribution is 2.67. The van der Waals surface area contributed by atoms with Crippen molar-refractivity contribution in [2.24, 2.45) is 0 Å². The fourth-order valence-corrected chi connectivity index (χ4v) is 7.74. The van der Waals surface area contributed by atoms with E-state index in [2.05, 4.69) is 66.7 Å². The lowest BCUT2D eigenvalue weighted by Gasteiger charge is -2.51. The van der Waals surface area contributed by atoms with E-state index in [1.807, 2.05) is 108 Å². The highest BCUT2D eigenvalue weighted by atomic mass is 16.5. The summed E-state index contributed by atoms with van der Waals surface area (Å²) in [4.78, 5) is 20.6. The first-order valence-corrected chi connectivity index (χ1v) is 15.5. The Morgan fingerprint density at radius 2 is 1.09 bits per heavy atom. The van der Waals surface area contributed by atoms with Crippen LogP contribution in [0.4, 0.5) is 0 Å². The maximum Gasteiger partial charge on any atom is 0.262 e. The van der Waals surface area contributed by atoms with Gasteiger partial charge in [-0.05, 0) is 23.3 Å². The Labute approximate surface area is 266 Å². The van der Waals surface area contributed by atoms with Crippen molar-refractivity contribution in [2.75, 3.05) is 0 Å². The van der Waals surface area contributed by atoms with Gasteiger partial charge in [-0.3, -0.25) is 9.36 Å². The van der Waals surface area contributed by atoms with E-state index in [-0.39, 0.29) is 5.56 Å². The Bertz CT molecular complexity index is 2350. The van der Waals surface area contributed by atoms with E-state index in [0.29, 0.717) is 16.7 Å². The number of hydrogen-bond acceptors (Lipinski definition) is 3. The summed E-state index contributed by atoms with van der Waals surface area (Å²) in [7, 11) is 0. The van der Waals surface area contributed by atoms with E-state index < -0.39 is 11.1 Å². The quantitative estimate of drug-likeness (QED) is 0.205. The third-order valence-corrected chi connectivity index (χ3v) is 9.48. The van der Waals surface area contributed by atoms with Gasteiger partial charge in [-0.1, -0.05) is 158 Å². The van der Waals surface area contributed by atoms with Crippen molar-refractivity contribution < 1.29 is 4.74 Å². The van der Waals surface area contributed by atoms with Crippen molar-refractivity contribution in [3.05, 3.63) is 208 Å². The lowest BCUT2D eigenvalue weighted by molar-refractivity contribution is 0.0232. The summed E-state index contributed by atoms with van der Waals surface area (Å²) in [6.07, 6.45) is 0. The number of benzene rings is 6. The molecular formula is C42H28N2O2. The normalized spacial score (nSPS) is 19.7. The van der Waals surface area contributed by atoms with E-state index in [9.17, 15) is 0 Å². The summed E-state index contributed by atoms with van der Waals surface area (Å²) in [5.41, 5.74) is 4.63.